The van der Waals surface area contributed by atoms with Crippen molar-refractivity contribution in [1.82, 2.24) is 5.32 Å². The molecule has 1 aromatic rings. The molecule has 1 aliphatic rings. The van der Waals surface area contributed by atoms with Crippen LogP contribution in [0.4, 0.5) is 0 Å². The van der Waals surface area contributed by atoms with Crippen molar-refractivity contribution in [2.24, 2.45) is 0 Å². The Morgan fingerprint density at radius 1 is 1.50 bits per heavy atom. The summed E-state index contributed by atoms with van der Waals surface area (Å²) in [5.74, 6) is 0. The van der Waals surface area contributed by atoms with Gasteiger partial charge in [0.2, 0.25) is 0 Å². The van der Waals surface area contributed by atoms with Gasteiger partial charge in [-0.3, -0.25) is 0 Å². The van der Waals surface area contributed by atoms with E-state index in [1.54, 1.807) is 18.2 Å². The number of benzene rings is 1. The van der Waals surface area contributed by atoms with Gasteiger partial charge in [-0.25, -0.2) is 0 Å². The second-order valence-corrected chi connectivity index (χ2v) is 6.02. The predicted octanol–water partition coefficient (Wildman–Crippen LogP) is 2.16. The highest BCUT2D eigenvalue weighted by molar-refractivity contribution is 6.33. The first-order valence-electron chi connectivity index (χ1n) is 6.60. The van der Waals surface area contributed by atoms with E-state index in [-0.39, 0.29) is 12.6 Å². The van der Waals surface area contributed by atoms with E-state index in [0.717, 1.165) is 0 Å². The molecule has 0 aromatic heterocycles. The fraction of sp³-hybridized carbons (Fsp3) is 0.571. The second-order valence-electron chi connectivity index (χ2n) is 5.18. The van der Waals surface area contributed by atoms with Gasteiger partial charge < -0.3 is 20.3 Å². The van der Waals surface area contributed by atoms with Crippen molar-refractivity contribution < 1.29 is 14.9 Å². The van der Waals surface area contributed by atoms with Crippen LogP contribution in [0.1, 0.15) is 25.0 Å². The zero-order chi connectivity index (χ0) is 14.8. The fourth-order valence-corrected chi connectivity index (χ4v) is 2.73. The third kappa shape index (κ3) is 3.64. The second kappa shape index (κ2) is 6.60. The number of nitrogens with one attached hydrogen (secondary N) is 1. The standard InChI is InChI=1S/C14H19Cl2NO3/c1-9-14(19,4-5-20-9)8-17-7-13(18)11-6-10(15)2-3-12(11)16/h2-3,6,9,13,17-19H,4-5,7-8H2,1H3. The van der Waals surface area contributed by atoms with Crippen molar-refractivity contribution in [1.29, 1.82) is 0 Å². The Bertz CT molecular complexity index is 472. The average Bonchev–Trinajstić information content (AvgIpc) is 2.72. The maximum absolute atomic E-state index is 10.3. The Morgan fingerprint density at radius 3 is 2.90 bits per heavy atom. The number of ether oxygens (including phenoxy) is 1. The van der Waals surface area contributed by atoms with E-state index in [9.17, 15) is 10.2 Å². The maximum Gasteiger partial charge on any atom is 0.105 e. The smallest absolute Gasteiger partial charge is 0.105 e. The minimum atomic E-state index is -0.877. The van der Waals surface area contributed by atoms with Crippen molar-refractivity contribution in [3.63, 3.8) is 0 Å². The molecule has 3 atom stereocenters. The average molecular weight is 320 g/mol. The monoisotopic (exact) mass is 319 g/mol. The lowest BCUT2D eigenvalue weighted by atomic mass is 9.96. The molecule has 20 heavy (non-hydrogen) atoms. The molecule has 112 valence electrons. The largest absolute Gasteiger partial charge is 0.387 e. The molecule has 3 N–H and O–H groups in total. The van der Waals surface area contributed by atoms with Gasteiger partial charge >= 0.3 is 0 Å². The first-order valence-corrected chi connectivity index (χ1v) is 7.36. The van der Waals surface area contributed by atoms with Crippen molar-refractivity contribution in [3.05, 3.63) is 33.8 Å². The van der Waals surface area contributed by atoms with Crippen LogP contribution in [0.15, 0.2) is 18.2 Å². The van der Waals surface area contributed by atoms with Gasteiger partial charge in [0.05, 0.1) is 12.2 Å². The molecule has 0 bridgehead atoms. The summed E-state index contributed by atoms with van der Waals surface area (Å²) >= 11 is 11.9. The highest BCUT2D eigenvalue weighted by Crippen LogP contribution is 2.27. The quantitative estimate of drug-likeness (QED) is 0.778. The van der Waals surface area contributed by atoms with Crippen LogP contribution in [0.2, 0.25) is 10.0 Å². The number of hydrogen-bond acceptors (Lipinski definition) is 4. The van der Waals surface area contributed by atoms with Crippen molar-refractivity contribution in [2.45, 2.75) is 31.2 Å². The number of aliphatic hydroxyl groups is 2. The molecule has 3 unspecified atom stereocenters. The minimum Gasteiger partial charge on any atom is -0.387 e. The lowest BCUT2D eigenvalue weighted by Crippen LogP contribution is -2.46. The predicted molar refractivity (Wildman–Crippen MR) is 79.3 cm³/mol. The molecular formula is C14H19Cl2NO3. The summed E-state index contributed by atoms with van der Waals surface area (Å²) < 4.78 is 5.35. The van der Waals surface area contributed by atoms with E-state index in [4.69, 9.17) is 27.9 Å². The van der Waals surface area contributed by atoms with E-state index < -0.39 is 11.7 Å². The van der Waals surface area contributed by atoms with Crippen LogP contribution in [0.3, 0.4) is 0 Å². The summed E-state index contributed by atoms with van der Waals surface area (Å²) in [5, 5.41) is 24.5. The highest BCUT2D eigenvalue weighted by atomic mass is 35.5. The summed E-state index contributed by atoms with van der Waals surface area (Å²) in [6.45, 7) is 3.06. The Kier molecular flexibility index (Phi) is 5.29. The van der Waals surface area contributed by atoms with E-state index in [2.05, 4.69) is 5.32 Å². The summed E-state index contributed by atoms with van der Waals surface area (Å²) in [5.41, 5.74) is -0.299. The van der Waals surface area contributed by atoms with Gasteiger partial charge in [-0.2, -0.15) is 0 Å². The molecule has 4 nitrogen and oxygen atoms in total. The number of halogens is 2. The molecule has 0 saturated carbocycles. The molecule has 2 rings (SSSR count). The first-order chi connectivity index (χ1) is 9.42. The van der Waals surface area contributed by atoms with Crippen molar-refractivity contribution in [3.8, 4) is 0 Å². The lowest BCUT2D eigenvalue weighted by Gasteiger charge is -2.27. The lowest BCUT2D eigenvalue weighted by molar-refractivity contribution is -0.0274. The first kappa shape index (κ1) is 16.0. The summed E-state index contributed by atoms with van der Waals surface area (Å²) in [4.78, 5) is 0. The van der Waals surface area contributed by atoms with Crippen molar-refractivity contribution in [2.75, 3.05) is 19.7 Å². The summed E-state index contributed by atoms with van der Waals surface area (Å²) in [6.07, 6.45) is -0.390. The third-order valence-electron chi connectivity index (χ3n) is 3.75. The molecule has 1 aliphatic heterocycles. The fourth-order valence-electron chi connectivity index (χ4n) is 2.31. The van der Waals surface area contributed by atoms with Crippen LogP contribution < -0.4 is 5.32 Å². The Morgan fingerprint density at radius 2 is 2.25 bits per heavy atom. The van der Waals surface area contributed by atoms with E-state index >= 15 is 0 Å². The van der Waals surface area contributed by atoms with E-state index in [0.29, 0.717) is 35.2 Å². The van der Waals surface area contributed by atoms with Gasteiger partial charge in [0.15, 0.2) is 0 Å². The molecule has 1 fully saturated rings. The topological polar surface area (TPSA) is 61.7 Å². The SMILES string of the molecule is CC1OCCC1(O)CNCC(O)c1cc(Cl)ccc1Cl. The van der Waals surface area contributed by atoms with Crippen LogP contribution in [0.25, 0.3) is 0 Å². The number of hydrogen-bond donors (Lipinski definition) is 3. The van der Waals surface area contributed by atoms with Crippen LogP contribution >= 0.6 is 23.2 Å². The van der Waals surface area contributed by atoms with Gasteiger partial charge in [0.25, 0.3) is 0 Å². The van der Waals surface area contributed by atoms with Crippen molar-refractivity contribution >= 4 is 23.2 Å². The molecule has 0 spiro atoms. The van der Waals surface area contributed by atoms with Gasteiger partial charge in [-0.1, -0.05) is 23.2 Å². The van der Waals surface area contributed by atoms with Crippen LogP contribution in [0, 0.1) is 0 Å². The van der Waals surface area contributed by atoms with E-state index in [1.807, 2.05) is 6.92 Å². The van der Waals surface area contributed by atoms with Crippen LogP contribution in [-0.4, -0.2) is 41.6 Å². The normalized spacial score (nSPS) is 27.8. The molecule has 6 heteroatoms. The van der Waals surface area contributed by atoms with Crippen LogP contribution in [0.5, 0.6) is 0 Å². The Labute approximate surface area is 128 Å². The Hall–Kier alpha value is -0.360. The molecule has 0 aliphatic carbocycles. The summed E-state index contributed by atoms with van der Waals surface area (Å²) in [6, 6.07) is 4.98. The molecular weight excluding hydrogens is 301 g/mol. The zero-order valence-corrected chi connectivity index (χ0v) is 12.8. The minimum absolute atomic E-state index is 0.207. The Balaban J connectivity index is 1.89. The number of rotatable bonds is 5. The van der Waals surface area contributed by atoms with Gasteiger partial charge in [-0.15, -0.1) is 0 Å². The van der Waals surface area contributed by atoms with E-state index in [1.165, 1.54) is 0 Å². The summed E-state index contributed by atoms with van der Waals surface area (Å²) in [7, 11) is 0. The molecule has 1 aromatic carbocycles. The number of aliphatic hydroxyl groups excluding tert-OH is 1. The zero-order valence-electron chi connectivity index (χ0n) is 11.3. The highest BCUT2D eigenvalue weighted by Gasteiger charge is 2.39. The molecule has 0 radical (unpaired) electrons. The molecule has 1 saturated heterocycles. The molecule has 1 heterocycles. The maximum atomic E-state index is 10.3. The van der Waals surface area contributed by atoms with Crippen LogP contribution in [-0.2, 0) is 4.74 Å². The van der Waals surface area contributed by atoms with Gasteiger partial charge in [-0.05, 0) is 25.1 Å². The third-order valence-corrected chi connectivity index (χ3v) is 4.32. The van der Waals surface area contributed by atoms with Gasteiger partial charge in [0.1, 0.15) is 5.60 Å². The molecule has 0 amide bonds. The van der Waals surface area contributed by atoms with Gasteiger partial charge in [0, 0.05) is 41.7 Å².